The Hall–Kier alpha value is -0.720. The van der Waals surface area contributed by atoms with E-state index in [2.05, 4.69) is 13.0 Å². The van der Waals surface area contributed by atoms with Gasteiger partial charge in [0.05, 0.1) is 0 Å². The summed E-state index contributed by atoms with van der Waals surface area (Å²) >= 11 is 0. The molecule has 0 saturated carbocycles. The van der Waals surface area contributed by atoms with Crippen LogP contribution in [0.4, 0.5) is 0 Å². The van der Waals surface area contributed by atoms with Crippen molar-refractivity contribution in [2.45, 2.75) is 19.8 Å². The summed E-state index contributed by atoms with van der Waals surface area (Å²) in [7, 11) is 0. The zero-order chi connectivity index (χ0) is 6.24. The van der Waals surface area contributed by atoms with Crippen LogP contribution in [-0.2, 0) is 0 Å². The summed E-state index contributed by atoms with van der Waals surface area (Å²) in [4.78, 5) is 0. The molecule has 0 aliphatic rings. The van der Waals surface area contributed by atoms with Crippen molar-refractivity contribution in [1.82, 2.24) is 0 Å². The molecule has 1 nitrogen and oxygen atoms in total. The van der Waals surface area contributed by atoms with E-state index in [0.29, 0.717) is 0 Å². The zero-order valence-corrected chi connectivity index (χ0v) is 5.30. The molecule has 0 unspecified atom stereocenters. The van der Waals surface area contributed by atoms with Crippen LogP contribution in [0.3, 0.4) is 0 Å². The summed E-state index contributed by atoms with van der Waals surface area (Å²) in [5, 5.41) is 0. The van der Waals surface area contributed by atoms with Crippen LogP contribution in [0.5, 0.6) is 0 Å². The number of nitrogens with two attached hydrogens (primary N) is 1. The van der Waals surface area contributed by atoms with E-state index >= 15 is 0 Å². The maximum Gasteiger partial charge on any atom is -0.00625 e. The third-order valence-electron chi connectivity index (χ3n) is 0.814. The van der Waals surface area contributed by atoms with Gasteiger partial charge in [-0.15, -0.1) is 0 Å². The molecule has 0 saturated heterocycles. The second-order valence-electron chi connectivity index (χ2n) is 1.60. The van der Waals surface area contributed by atoms with Crippen molar-refractivity contribution in [2.24, 2.45) is 5.73 Å². The van der Waals surface area contributed by atoms with Gasteiger partial charge in [-0.2, -0.15) is 0 Å². The molecule has 0 spiro atoms. The Labute approximate surface area is 50.9 Å². The molecule has 8 heavy (non-hydrogen) atoms. The molecule has 2 N–H and O–H groups in total. The minimum Gasteiger partial charge on any atom is -0.405 e. The number of unbranched alkanes of at least 4 members (excludes halogenated alkanes) is 1. The summed E-state index contributed by atoms with van der Waals surface area (Å²) < 4.78 is 0. The van der Waals surface area contributed by atoms with Crippen LogP contribution < -0.4 is 5.73 Å². The summed E-state index contributed by atoms with van der Waals surface area (Å²) in [6.07, 6.45) is 9.77. The molecule has 0 aromatic carbocycles. The number of hydrogen-bond acceptors (Lipinski definition) is 1. The molecule has 0 aliphatic carbocycles. The minimum atomic E-state index is 1.14. The lowest BCUT2D eigenvalue weighted by atomic mass is 10.3. The van der Waals surface area contributed by atoms with Crippen molar-refractivity contribution in [1.29, 1.82) is 0 Å². The highest BCUT2D eigenvalue weighted by Crippen LogP contribution is 1.87. The Morgan fingerprint density at radius 2 is 2.12 bits per heavy atom. The first-order valence-electron chi connectivity index (χ1n) is 2.95. The van der Waals surface area contributed by atoms with Crippen molar-refractivity contribution in [3.8, 4) is 0 Å². The first kappa shape index (κ1) is 7.28. The Morgan fingerprint density at radius 3 is 2.62 bits per heavy atom. The minimum absolute atomic E-state index is 1.14. The average Bonchev–Trinajstić information content (AvgIpc) is 1.81. The van der Waals surface area contributed by atoms with Gasteiger partial charge in [-0.3, -0.25) is 0 Å². The SMILES string of the molecule is CCC/C=C\C=C/N. The van der Waals surface area contributed by atoms with E-state index in [9.17, 15) is 0 Å². The number of hydrogen-bond donors (Lipinski definition) is 1. The molecule has 0 aliphatic heterocycles. The van der Waals surface area contributed by atoms with Gasteiger partial charge >= 0.3 is 0 Å². The van der Waals surface area contributed by atoms with Gasteiger partial charge < -0.3 is 5.73 Å². The summed E-state index contributed by atoms with van der Waals surface area (Å²) in [5.74, 6) is 0. The largest absolute Gasteiger partial charge is 0.405 e. The van der Waals surface area contributed by atoms with E-state index in [-0.39, 0.29) is 0 Å². The first-order chi connectivity index (χ1) is 3.91. The highest BCUT2D eigenvalue weighted by atomic mass is 14.5. The van der Waals surface area contributed by atoms with E-state index in [1.807, 2.05) is 12.2 Å². The fourth-order valence-electron chi connectivity index (χ4n) is 0.406. The van der Waals surface area contributed by atoms with Crippen molar-refractivity contribution in [3.63, 3.8) is 0 Å². The summed E-state index contributed by atoms with van der Waals surface area (Å²) in [6.45, 7) is 2.15. The smallest absolute Gasteiger partial charge is 0.00625 e. The van der Waals surface area contributed by atoms with E-state index in [0.717, 1.165) is 6.42 Å². The molecule has 0 fully saturated rings. The molecule has 0 heterocycles. The van der Waals surface area contributed by atoms with E-state index in [4.69, 9.17) is 5.73 Å². The molecular formula is C7H13N. The van der Waals surface area contributed by atoms with Crippen molar-refractivity contribution in [2.75, 3.05) is 0 Å². The van der Waals surface area contributed by atoms with Crippen LogP contribution >= 0.6 is 0 Å². The second-order valence-corrected chi connectivity index (χ2v) is 1.60. The Bertz CT molecular complexity index is 82.4. The van der Waals surface area contributed by atoms with Crippen LogP contribution in [0.1, 0.15) is 19.8 Å². The van der Waals surface area contributed by atoms with E-state index in [1.54, 1.807) is 0 Å². The monoisotopic (exact) mass is 111 g/mol. The maximum atomic E-state index is 5.08. The van der Waals surface area contributed by atoms with Crippen LogP contribution in [-0.4, -0.2) is 0 Å². The molecule has 0 amide bonds. The fourth-order valence-corrected chi connectivity index (χ4v) is 0.406. The summed E-state index contributed by atoms with van der Waals surface area (Å²) in [5.41, 5.74) is 5.08. The maximum absolute atomic E-state index is 5.08. The molecular weight excluding hydrogens is 98.1 g/mol. The molecule has 0 rings (SSSR count). The molecule has 0 aromatic rings. The number of allylic oxidation sites excluding steroid dienone is 3. The standard InChI is InChI=1S/C7H13N/c1-2-3-4-5-6-7-8/h4-7H,2-3,8H2,1H3/b5-4-,7-6-. The van der Waals surface area contributed by atoms with Gasteiger partial charge in [-0.1, -0.05) is 25.5 Å². The summed E-state index contributed by atoms with van der Waals surface area (Å²) in [6, 6.07) is 0. The molecule has 1 heteroatoms. The third-order valence-corrected chi connectivity index (χ3v) is 0.814. The normalized spacial score (nSPS) is 11.6. The van der Waals surface area contributed by atoms with Crippen LogP contribution in [0.25, 0.3) is 0 Å². The number of rotatable bonds is 3. The Morgan fingerprint density at radius 1 is 1.38 bits per heavy atom. The topological polar surface area (TPSA) is 26.0 Å². The highest BCUT2D eigenvalue weighted by molar-refractivity contribution is 5.00. The fraction of sp³-hybridized carbons (Fsp3) is 0.429. The van der Waals surface area contributed by atoms with Gasteiger partial charge in [0, 0.05) is 0 Å². The van der Waals surface area contributed by atoms with Crippen molar-refractivity contribution in [3.05, 3.63) is 24.4 Å². The highest BCUT2D eigenvalue weighted by Gasteiger charge is 1.67. The van der Waals surface area contributed by atoms with Gasteiger partial charge in [-0.05, 0) is 18.7 Å². The van der Waals surface area contributed by atoms with Gasteiger partial charge in [0.25, 0.3) is 0 Å². The van der Waals surface area contributed by atoms with E-state index in [1.165, 1.54) is 12.6 Å². The van der Waals surface area contributed by atoms with Gasteiger partial charge in [0.2, 0.25) is 0 Å². The van der Waals surface area contributed by atoms with Gasteiger partial charge in [-0.25, -0.2) is 0 Å². The first-order valence-corrected chi connectivity index (χ1v) is 2.95. The molecule has 0 aromatic heterocycles. The van der Waals surface area contributed by atoms with Gasteiger partial charge in [0.15, 0.2) is 0 Å². The molecule has 0 atom stereocenters. The predicted octanol–water partition coefficient (Wildman–Crippen LogP) is 1.82. The lowest BCUT2D eigenvalue weighted by molar-refractivity contribution is 0.959. The average molecular weight is 111 g/mol. The lowest BCUT2D eigenvalue weighted by Crippen LogP contribution is -1.72. The van der Waals surface area contributed by atoms with E-state index < -0.39 is 0 Å². The predicted molar refractivity (Wildman–Crippen MR) is 37.4 cm³/mol. The Kier molecular flexibility index (Phi) is 5.71. The molecule has 46 valence electrons. The van der Waals surface area contributed by atoms with Crippen molar-refractivity contribution >= 4 is 0 Å². The lowest BCUT2D eigenvalue weighted by Gasteiger charge is -1.78. The second kappa shape index (κ2) is 6.28. The van der Waals surface area contributed by atoms with Crippen molar-refractivity contribution < 1.29 is 0 Å². The third kappa shape index (κ3) is 5.28. The van der Waals surface area contributed by atoms with Crippen LogP contribution in [0.2, 0.25) is 0 Å². The Balaban J connectivity index is 3.07. The van der Waals surface area contributed by atoms with Crippen LogP contribution in [0, 0.1) is 0 Å². The van der Waals surface area contributed by atoms with Crippen LogP contribution in [0.15, 0.2) is 24.4 Å². The van der Waals surface area contributed by atoms with Gasteiger partial charge in [0.1, 0.15) is 0 Å². The molecule has 0 bridgehead atoms. The zero-order valence-electron chi connectivity index (χ0n) is 5.30. The molecule has 0 radical (unpaired) electrons. The quantitative estimate of drug-likeness (QED) is 0.552.